The highest BCUT2D eigenvalue weighted by Crippen LogP contribution is 2.09. The van der Waals surface area contributed by atoms with Gasteiger partial charge in [0, 0.05) is 12.7 Å². The molecule has 0 aliphatic heterocycles. The molecule has 0 bridgehead atoms. The maximum Gasteiger partial charge on any atom is 0.186 e. The highest BCUT2D eigenvalue weighted by Gasteiger charge is 1.93. The summed E-state index contributed by atoms with van der Waals surface area (Å²) in [6.07, 6.45) is 3.80. The fraction of sp³-hybridized carbons (Fsp3) is 0.300. The third kappa shape index (κ3) is 3.99. The van der Waals surface area contributed by atoms with Gasteiger partial charge in [0.25, 0.3) is 0 Å². The Kier molecular flexibility index (Phi) is 3.83. The Morgan fingerprint density at radius 1 is 1.62 bits per heavy atom. The fourth-order valence-electron chi connectivity index (χ4n) is 0.873. The molecule has 13 heavy (non-hydrogen) atoms. The van der Waals surface area contributed by atoms with Crippen molar-refractivity contribution in [1.82, 2.24) is 0 Å². The Bertz CT molecular complexity index is 312. The van der Waals surface area contributed by atoms with E-state index in [9.17, 15) is 4.79 Å². The van der Waals surface area contributed by atoms with Gasteiger partial charge in [-0.3, -0.25) is 4.79 Å². The van der Waals surface area contributed by atoms with Crippen LogP contribution >= 0.6 is 11.8 Å². The summed E-state index contributed by atoms with van der Waals surface area (Å²) in [5.41, 5.74) is 0. The molecule has 1 aromatic rings. The fourth-order valence-corrected chi connectivity index (χ4v) is 1.30. The molecular weight excluding hydrogens is 184 g/mol. The molecule has 0 saturated heterocycles. The van der Waals surface area contributed by atoms with E-state index in [-0.39, 0.29) is 5.12 Å². The van der Waals surface area contributed by atoms with E-state index in [1.165, 1.54) is 11.8 Å². The second-order valence-electron chi connectivity index (χ2n) is 2.65. The smallest absolute Gasteiger partial charge is 0.186 e. The van der Waals surface area contributed by atoms with Crippen LogP contribution in [0.3, 0.4) is 0 Å². The standard InChI is InChI=1S/C10H12O2S/c1-8-5-6-10(12-8)4-3-7-13-9(2)11/h3-6H,7H2,1-2H3. The topological polar surface area (TPSA) is 30.2 Å². The van der Waals surface area contributed by atoms with E-state index < -0.39 is 0 Å². The second kappa shape index (κ2) is 4.92. The van der Waals surface area contributed by atoms with Gasteiger partial charge in [-0.25, -0.2) is 0 Å². The van der Waals surface area contributed by atoms with Crippen LogP contribution in [0, 0.1) is 6.92 Å². The molecule has 0 atom stereocenters. The summed E-state index contributed by atoms with van der Waals surface area (Å²) >= 11 is 1.29. The minimum atomic E-state index is 0.139. The van der Waals surface area contributed by atoms with Crippen LogP contribution in [-0.2, 0) is 4.79 Å². The van der Waals surface area contributed by atoms with E-state index in [0.717, 1.165) is 11.5 Å². The van der Waals surface area contributed by atoms with Gasteiger partial charge in [-0.15, -0.1) is 0 Å². The summed E-state index contributed by atoms with van der Waals surface area (Å²) < 4.78 is 5.31. The number of carbonyl (C=O) groups is 1. The van der Waals surface area contributed by atoms with Gasteiger partial charge in [0.15, 0.2) is 5.12 Å². The third-order valence-corrected chi connectivity index (χ3v) is 2.19. The van der Waals surface area contributed by atoms with E-state index in [4.69, 9.17) is 4.42 Å². The lowest BCUT2D eigenvalue weighted by molar-refractivity contribution is -0.109. The Morgan fingerprint density at radius 3 is 2.92 bits per heavy atom. The zero-order valence-corrected chi connectivity index (χ0v) is 8.56. The Labute approximate surface area is 82.0 Å². The molecule has 0 aromatic carbocycles. The van der Waals surface area contributed by atoms with Crippen LogP contribution in [0.25, 0.3) is 6.08 Å². The molecule has 1 rings (SSSR count). The molecule has 0 saturated carbocycles. The summed E-state index contributed by atoms with van der Waals surface area (Å²) in [7, 11) is 0. The number of thioether (sulfide) groups is 1. The van der Waals surface area contributed by atoms with Crippen molar-refractivity contribution < 1.29 is 9.21 Å². The highest BCUT2D eigenvalue weighted by molar-refractivity contribution is 8.13. The first-order chi connectivity index (χ1) is 6.18. The second-order valence-corrected chi connectivity index (χ2v) is 3.85. The molecule has 0 fully saturated rings. The maximum absolute atomic E-state index is 10.6. The van der Waals surface area contributed by atoms with Gasteiger partial charge in [-0.1, -0.05) is 17.8 Å². The number of aryl methyl sites for hydroxylation is 1. The number of hydrogen-bond acceptors (Lipinski definition) is 3. The maximum atomic E-state index is 10.6. The summed E-state index contributed by atoms with van der Waals surface area (Å²) in [6, 6.07) is 3.82. The average Bonchev–Trinajstić information content (AvgIpc) is 2.45. The van der Waals surface area contributed by atoms with Crippen molar-refractivity contribution in [2.45, 2.75) is 13.8 Å². The lowest BCUT2D eigenvalue weighted by Gasteiger charge is -1.87. The number of rotatable bonds is 3. The van der Waals surface area contributed by atoms with Crippen molar-refractivity contribution in [1.29, 1.82) is 0 Å². The van der Waals surface area contributed by atoms with E-state index in [1.807, 2.05) is 31.2 Å². The molecule has 3 heteroatoms. The molecule has 0 aliphatic carbocycles. The lowest BCUT2D eigenvalue weighted by Crippen LogP contribution is -1.80. The van der Waals surface area contributed by atoms with Crippen LogP contribution in [0.1, 0.15) is 18.4 Å². The summed E-state index contributed by atoms with van der Waals surface area (Å²) in [6.45, 7) is 3.47. The van der Waals surface area contributed by atoms with E-state index in [2.05, 4.69) is 0 Å². The van der Waals surface area contributed by atoms with Crippen molar-refractivity contribution in [3.8, 4) is 0 Å². The molecule has 0 amide bonds. The van der Waals surface area contributed by atoms with Gasteiger partial charge < -0.3 is 4.42 Å². The van der Waals surface area contributed by atoms with Gasteiger partial charge in [0.05, 0.1) is 0 Å². The minimum Gasteiger partial charge on any atom is -0.462 e. The van der Waals surface area contributed by atoms with Gasteiger partial charge in [-0.2, -0.15) is 0 Å². The van der Waals surface area contributed by atoms with Gasteiger partial charge in [0.2, 0.25) is 0 Å². The molecule has 0 unspecified atom stereocenters. The van der Waals surface area contributed by atoms with E-state index >= 15 is 0 Å². The van der Waals surface area contributed by atoms with E-state index in [0.29, 0.717) is 5.75 Å². The summed E-state index contributed by atoms with van der Waals surface area (Å²) in [5.74, 6) is 2.44. The summed E-state index contributed by atoms with van der Waals surface area (Å²) in [5, 5.41) is 0.139. The zero-order chi connectivity index (χ0) is 9.68. The van der Waals surface area contributed by atoms with Gasteiger partial charge in [-0.05, 0) is 25.1 Å². The molecular formula is C10H12O2S. The molecule has 0 N–H and O–H groups in total. The van der Waals surface area contributed by atoms with Gasteiger partial charge >= 0.3 is 0 Å². The normalized spacial score (nSPS) is 10.9. The number of furan rings is 1. The van der Waals surface area contributed by atoms with Crippen molar-refractivity contribution in [2.24, 2.45) is 0 Å². The van der Waals surface area contributed by atoms with Crippen molar-refractivity contribution in [2.75, 3.05) is 5.75 Å². The molecule has 1 aromatic heterocycles. The monoisotopic (exact) mass is 196 g/mol. The first-order valence-corrected chi connectivity index (χ1v) is 5.03. The third-order valence-electron chi connectivity index (χ3n) is 1.43. The Morgan fingerprint density at radius 2 is 2.38 bits per heavy atom. The SMILES string of the molecule is CC(=O)SCC=Cc1ccc(C)o1. The minimum absolute atomic E-state index is 0.139. The molecule has 0 radical (unpaired) electrons. The highest BCUT2D eigenvalue weighted by atomic mass is 32.2. The molecule has 0 spiro atoms. The van der Waals surface area contributed by atoms with Crippen LogP contribution in [0.5, 0.6) is 0 Å². The molecule has 70 valence electrons. The first-order valence-electron chi connectivity index (χ1n) is 4.05. The van der Waals surface area contributed by atoms with Crippen LogP contribution in [0.15, 0.2) is 22.6 Å². The van der Waals surface area contributed by atoms with Crippen LogP contribution in [-0.4, -0.2) is 10.9 Å². The van der Waals surface area contributed by atoms with Gasteiger partial charge in [0.1, 0.15) is 11.5 Å². The Hall–Kier alpha value is -0.960. The van der Waals surface area contributed by atoms with Crippen molar-refractivity contribution in [3.05, 3.63) is 29.7 Å². The quantitative estimate of drug-likeness (QED) is 0.744. The predicted octanol–water partition coefficient (Wildman–Crippen LogP) is 2.88. The van der Waals surface area contributed by atoms with Crippen LogP contribution < -0.4 is 0 Å². The molecule has 1 heterocycles. The first kappa shape index (κ1) is 10.1. The van der Waals surface area contributed by atoms with Crippen LogP contribution in [0.2, 0.25) is 0 Å². The number of carbonyl (C=O) groups excluding carboxylic acids is 1. The lowest BCUT2D eigenvalue weighted by atomic mass is 10.4. The van der Waals surface area contributed by atoms with Crippen LogP contribution in [0.4, 0.5) is 0 Å². The molecule has 0 aliphatic rings. The summed E-state index contributed by atoms with van der Waals surface area (Å²) in [4.78, 5) is 10.6. The predicted molar refractivity (Wildman–Crippen MR) is 55.6 cm³/mol. The number of hydrogen-bond donors (Lipinski definition) is 0. The zero-order valence-electron chi connectivity index (χ0n) is 7.74. The van der Waals surface area contributed by atoms with E-state index in [1.54, 1.807) is 6.92 Å². The van der Waals surface area contributed by atoms with Crippen molar-refractivity contribution >= 4 is 23.0 Å². The Balaban J connectivity index is 2.36. The molecule has 2 nitrogen and oxygen atoms in total. The van der Waals surface area contributed by atoms with Crippen molar-refractivity contribution in [3.63, 3.8) is 0 Å². The largest absolute Gasteiger partial charge is 0.462 e. The average molecular weight is 196 g/mol.